The molecule has 28 heavy (non-hydrogen) atoms. The summed E-state index contributed by atoms with van der Waals surface area (Å²) in [6, 6.07) is 4.14. The highest BCUT2D eigenvalue weighted by Crippen LogP contribution is 2.39. The highest BCUT2D eigenvalue weighted by Gasteiger charge is 2.47. The maximum Gasteiger partial charge on any atom is 0.393 e. The first-order chi connectivity index (χ1) is 13.3. The number of fused-ring (bicyclic) bond motifs is 1. The number of alkyl halides is 3. The molecule has 1 N–H and O–H groups in total. The molecule has 9 heteroatoms. The molecule has 0 spiro atoms. The average Bonchev–Trinajstić information content (AvgIpc) is 3.27. The lowest BCUT2D eigenvalue weighted by atomic mass is 9.83. The number of carbonyl (C=O) groups excluding carboxylic acids is 2. The summed E-state index contributed by atoms with van der Waals surface area (Å²) in [4.78, 5) is 26.5. The normalized spacial score (nSPS) is 27.2. The van der Waals surface area contributed by atoms with E-state index in [9.17, 15) is 22.8 Å². The van der Waals surface area contributed by atoms with E-state index in [0.29, 0.717) is 36.4 Å². The quantitative estimate of drug-likeness (QED) is 0.850. The Morgan fingerprint density at radius 2 is 1.89 bits per heavy atom. The van der Waals surface area contributed by atoms with Crippen LogP contribution in [0.5, 0.6) is 11.5 Å². The van der Waals surface area contributed by atoms with Gasteiger partial charge < -0.3 is 19.7 Å². The van der Waals surface area contributed by atoms with Gasteiger partial charge in [-0.15, -0.1) is 0 Å². The lowest BCUT2D eigenvalue weighted by Gasteiger charge is -2.34. The van der Waals surface area contributed by atoms with Gasteiger partial charge in [-0.1, -0.05) is 12.8 Å². The number of hydrogen-bond acceptors (Lipinski definition) is 4. The third-order valence-corrected chi connectivity index (χ3v) is 5.68. The molecule has 2 heterocycles. The van der Waals surface area contributed by atoms with Gasteiger partial charge in [-0.3, -0.25) is 9.59 Å². The fraction of sp³-hybridized carbons (Fsp3) is 0.579. The van der Waals surface area contributed by atoms with E-state index in [1.165, 1.54) is 4.90 Å². The Hall–Kier alpha value is -2.45. The van der Waals surface area contributed by atoms with Crippen LogP contribution in [0.4, 0.5) is 18.9 Å². The molecule has 0 aromatic heterocycles. The summed E-state index contributed by atoms with van der Waals surface area (Å²) in [5, 5.41) is 2.57. The second-order valence-corrected chi connectivity index (χ2v) is 7.49. The molecular weight excluding hydrogens is 377 g/mol. The summed E-state index contributed by atoms with van der Waals surface area (Å²) in [5.74, 6) is -1.82. The number of carbonyl (C=O) groups is 2. The van der Waals surface area contributed by atoms with Gasteiger partial charge in [0.15, 0.2) is 11.5 Å². The van der Waals surface area contributed by atoms with Crippen LogP contribution in [0.2, 0.25) is 0 Å². The minimum absolute atomic E-state index is 0.0241. The number of rotatable bonds is 3. The molecule has 1 aromatic rings. The van der Waals surface area contributed by atoms with Gasteiger partial charge in [0.05, 0.1) is 11.8 Å². The molecule has 2 fully saturated rings. The van der Waals surface area contributed by atoms with Crippen LogP contribution in [0.25, 0.3) is 0 Å². The highest BCUT2D eigenvalue weighted by atomic mass is 19.4. The van der Waals surface area contributed by atoms with Gasteiger partial charge in [-0.25, -0.2) is 0 Å². The Kier molecular flexibility index (Phi) is 4.84. The molecule has 152 valence electrons. The molecule has 1 aromatic carbocycles. The number of amides is 2. The molecule has 1 saturated carbocycles. The fourth-order valence-corrected chi connectivity index (χ4v) is 4.18. The summed E-state index contributed by atoms with van der Waals surface area (Å²) in [6.07, 6.45) is -2.85. The van der Waals surface area contributed by atoms with Gasteiger partial charge in [0.1, 0.15) is 0 Å². The summed E-state index contributed by atoms with van der Waals surface area (Å²) in [7, 11) is 0. The second-order valence-electron chi connectivity index (χ2n) is 7.49. The smallest absolute Gasteiger partial charge is 0.393 e. The first-order valence-electron chi connectivity index (χ1n) is 9.40. The van der Waals surface area contributed by atoms with Crippen molar-refractivity contribution in [2.24, 2.45) is 11.8 Å². The number of halogens is 3. The summed E-state index contributed by atoms with van der Waals surface area (Å²) in [5.41, 5.74) is 0.579. The predicted octanol–water partition coefficient (Wildman–Crippen LogP) is 3.01. The fourth-order valence-electron chi connectivity index (χ4n) is 4.18. The molecule has 6 nitrogen and oxygen atoms in total. The zero-order valence-corrected chi connectivity index (χ0v) is 15.1. The third-order valence-electron chi connectivity index (χ3n) is 5.68. The largest absolute Gasteiger partial charge is 0.454 e. The molecule has 0 unspecified atom stereocenters. The van der Waals surface area contributed by atoms with Crippen LogP contribution < -0.4 is 19.7 Å². The van der Waals surface area contributed by atoms with E-state index in [-0.39, 0.29) is 32.1 Å². The maximum absolute atomic E-state index is 13.2. The summed E-state index contributed by atoms with van der Waals surface area (Å²) < 4.78 is 50.3. The number of nitrogens with zero attached hydrogens (tertiary/aromatic N) is 1. The summed E-state index contributed by atoms with van der Waals surface area (Å²) >= 11 is 0. The zero-order valence-electron chi connectivity index (χ0n) is 15.1. The van der Waals surface area contributed by atoms with Gasteiger partial charge in [0, 0.05) is 30.8 Å². The Morgan fingerprint density at radius 1 is 1.14 bits per heavy atom. The number of nitrogens with one attached hydrogen (secondary N) is 1. The van der Waals surface area contributed by atoms with Crippen molar-refractivity contribution in [1.82, 2.24) is 5.32 Å². The average molecular weight is 398 g/mol. The molecule has 0 bridgehead atoms. The van der Waals surface area contributed by atoms with Crippen LogP contribution in [0.15, 0.2) is 18.2 Å². The number of anilines is 1. The van der Waals surface area contributed by atoms with Crippen molar-refractivity contribution >= 4 is 17.5 Å². The van der Waals surface area contributed by atoms with Gasteiger partial charge in [0.2, 0.25) is 18.6 Å². The molecule has 0 radical (unpaired) electrons. The third kappa shape index (κ3) is 3.62. The van der Waals surface area contributed by atoms with Crippen molar-refractivity contribution in [2.75, 3.05) is 18.2 Å². The summed E-state index contributed by atoms with van der Waals surface area (Å²) in [6.45, 7) is 0.243. The van der Waals surface area contributed by atoms with Crippen LogP contribution >= 0.6 is 0 Å². The highest BCUT2D eigenvalue weighted by molar-refractivity contribution is 6.00. The van der Waals surface area contributed by atoms with E-state index in [0.717, 1.165) is 0 Å². The van der Waals surface area contributed by atoms with Crippen molar-refractivity contribution in [3.63, 3.8) is 0 Å². The van der Waals surface area contributed by atoms with E-state index in [1.807, 2.05) is 0 Å². The molecule has 2 amide bonds. The molecule has 1 aliphatic carbocycles. The van der Waals surface area contributed by atoms with Crippen molar-refractivity contribution in [3.8, 4) is 11.5 Å². The lowest BCUT2D eigenvalue weighted by molar-refractivity contribution is -0.189. The SMILES string of the molecule is O=C(N[C@@H]1CCCC[C@H]1C(F)(F)F)[C@@H]1CC(=O)N(c2ccc3c(c2)OCO3)C1. The lowest BCUT2D eigenvalue weighted by Crippen LogP contribution is -2.49. The number of hydrogen-bond donors (Lipinski definition) is 1. The van der Waals surface area contributed by atoms with Crippen LogP contribution in [0.1, 0.15) is 32.1 Å². The van der Waals surface area contributed by atoms with Gasteiger partial charge >= 0.3 is 6.18 Å². The van der Waals surface area contributed by atoms with Crippen molar-refractivity contribution in [3.05, 3.63) is 18.2 Å². The molecule has 3 atom stereocenters. The molecule has 3 aliphatic rings. The topological polar surface area (TPSA) is 67.9 Å². The van der Waals surface area contributed by atoms with Crippen molar-refractivity contribution in [2.45, 2.75) is 44.3 Å². The van der Waals surface area contributed by atoms with Crippen LogP contribution in [-0.4, -0.2) is 37.4 Å². The zero-order chi connectivity index (χ0) is 19.9. The van der Waals surface area contributed by atoms with Gasteiger partial charge in [-0.05, 0) is 25.0 Å². The van der Waals surface area contributed by atoms with Gasteiger partial charge in [-0.2, -0.15) is 13.2 Å². The van der Waals surface area contributed by atoms with E-state index in [1.54, 1.807) is 18.2 Å². The maximum atomic E-state index is 13.2. The van der Waals surface area contributed by atoms with E-state index in [2.05, 4.69) is 5.32 Å². The molecular formula is C19H21F3N2O4. The van der Waals surface area contributed by atoms with Crippen LogP contribution in [-0.2, 0) is 9.59 Å². The Bertz CT molecular complexity index is 783. The second kappa shape index (κ2) is 7.18. The molecule has 2 aliphatic heterocycles. The Balaban J connectivity index is 1.42. The van der Waals surface area contributed by atoms with E-state index in [4.69, 9.17) is 9.47 Å². The molecule has 4 rings (SSSR count). The van der Waals surface area contributed by atoms with Crippen LogP contribution in [0.3, 0.4) is 0 Å². The first kappa shape index (κ1) is 18.9. The van der Waals surface area contributed by atoms with Gasteiger partial charge in [0.25, 0.3) is 0 Å². The van der Waals surface area contributed by atoms with E-state index >= 15 is 0 Å². The minimum atomic E-state index is -4.33. The monoisotopic (exact) mass is 398 g/mol. The van der Waals surface area contributed by atoms with E-state index < -0.39 is 30.0 Å². The minimum Gasteiger partial charge on any atom is -0.454 e. The Morgan fingerprint density at radius 3 is 2.68 bits per heavy atom. The number of benzene rings is 1. The van der Waals surface area contributed by atoms with Crippen LogP contribution in [0, 0.1) is 11.8 Å². The standard InChI is InChI=1S/C19H21F3N2O4/c20-19(21,22)13-3-1-2-4-14(13)23-18(26)11-7-17(25)24(9-11)12-5-6-15-16(8-12)28-10-27-15/h5-6,8,11,13-14H,1-4,7,9-10H2,(H,23,26)/t11-,13-,14-/m1/s1. The Labute approximate surface area is 160 Å². The molecule has 1 saturated heterocycles. The van der Waals surface area contributed by atoms with Crippen molar-refractivity contribution in [1.29, 1.82) is 0 Å². The predicted molar refractivity (Wildman–Crippen MR) is 93.0 cm³/mol. The number of ether oxygens (including phenoxy) is 2. The first-order valence-corrected chi connectivity index (χ1v) is 9.40. The van der Waals surface area contributed by atoms with Crippen molar-refractivity contribution < 1.29 is 32.2 Å².